The Bertz CT molecular complexity index is 922. The van der Waals surface area contributed by atoms with E-state index in [1.54, 1.807) is 29.2 Å². The van der Waals surface area contributed by atoms with Crippen LogP contribution in [0.25, 0.3) is 0 Å². The predicted molar refractivity (Wildman–Crippen MR) is 99.4 cm³/mol. The Labute approximate surface area is 148 Å². The Morgan fingerprint density at radius 3 is 2.64 bits per heavy atom. The molecular formula is C19H22N2O3S. The zero-order valence-corrected chi connectivity index (χ0v) is 15.4. The second-order valence-corrected chi connectivity index (χ2v) is 8.03. The topological polar surface area (TPSA) is 66.5 Å². The highest BCUT2D eigenvalue weighted by atomic mass is 32.2. The SMILES string of the molecule is CCc1ccccc1NS(=O)(=O)c1ccc2c(c1)C[C@H](C)N2C(C)=O. The van der Waals surface area contributed by atoms with Crippen molar-refractivity contribution in [3.8, 4) is 0 Å². The molecule has 0 fully saturated rings. The number of aryl methyl sites for hydroxylation is 1. The van der Waals surface area contributed by atoms with Gasteiger partial charge in [0.15, 0.2) is 0 Å². The third kappa shape index (κ3) is 3.26. The first-order valence-corrected chi connectivity index (χ1v) is 9.85. The second kappa shape index (κ2) is 6.52. The Balaban J connectivity index is 1.95. The van der Waals surface area contributed by atoms with Crippen LogP contribution >= 0.6 is 0 Å². The van der Waals surface area contributed by atoms with E-state index in [-0.39, 0.29) is 16.8 Å². The molecule has 0 aromatic heterocycles. The molecule has 2 aromatic rings. The van der Waals surface area contributed by atoms with Crippen LogP contribution in [0.1, 0.15) is 31.9 Å². The van der Waals surface area contributed by atoms with Crippen molar-refractivity contribution < 1.29 is 13.2 Å². The van der Waals surface area contributed by atoms with Gasteiger partial charge in [-0.3, -0.25) is 9.52 Å². The zero-order chi connectivity index (χ0) is 18.2. The maximum Gasteiger partial charge on any atom is 0.261 e. The van der Waals surface area contributed by atoms with Gasteiger partial charge in [0.1, 0.15) is 0 Å². The van der Waals surface area contributed by atoms with Gasteiger partial charge in [0.25, 0.3) is 10.0 Å². The van der Waals surface area contributed by atoms with Crippen LogP contribution in [0.3, 0.4) is 0 Å². The van der Waals surface area contributed by atoms with E-state index >= 15 is 0 Å². The Morgan fingerprint density at radius 1 is 1.24 bits per heavy atom. The lowest BCUT2D eigenvalue weighted by Gasteiger charge is -2.20. The summed E-state index contributed by atoms with van der Waals surface area (Å²) >= 11 is 0. The first-order chi connectivity index (χ1) is 11.8. The lowest BCUT2D eigenvalue weighted by Crippen LogP contribution is -2.33. The summed E-state index contributed by atoms with van der Waals surface area (Å²) in [7, 11) is -3.68. The molecule has 6 heteroatoms. The van der Waals surface area contributed by atoms with Gasteiger partial charge in [0.05, 0.1) is 10.6 Å². The normalized spacial score (nSPS) is 16.6. The summed E-state index contributed by atoms with van der Waals surface area (Å²) in [5, 5.41) is 0. The molecule has 1 atom stereocenters. The fraction of sp³-hybridized carbons (Fsp3) is 0.316. The molecule has 1 aliphatic heterocycles. The highest BCUT2D eigenvalue weighted by Gasteiger charge is 2.30. The molecule has 0 bridgehead atoms. The average molecular weight is 358 g/mol. The molecule has 132 valence electrons. The first kappa shape index (κ1) is 17.5. The summed E-state index contributed by atoms with van der Waals surface area (Å²) in [4.78, 5) is 13.7. The summed E-state index contributed by atoms with van der Waals surface area (Å²) in [6.07, 6.45) is 1.40. The number of nitrogens with zero attached hydrogens (tertiary/aromatic N) is 1. The number of hydrogen-bond donors (Lipinski definition) is 1. The lowest BCUT2D eigenvalue weighted by molar-refractivity contribution is -0.116. The van der Waals surface area contributed by atoms with Gasteiger partial charge in [0.2, 0.25) is 5.91 Å². The van der Waals surface area contributed by atoms with Crippen molar-refractivity contribution in [2.75, 3.05) is 9.62 Å². The minimum absolute atomic E-state index is 0.0307. The van der Waals surface area contributed by atoms with Crippen LogP contribution in [0.15, 0.2) is 47.4 Å². The van der Waals surface area contributed by atoms with Crippen molar-refractivity contribution in [2.45, 2.75) is 44.6 Å². The second-order valence-electron chi connectivity index (χ2n) is 6.35. The van der Waals surface area contributed by atoms with Gasteiger partial charge in [0, 0.05) is 18.7 Å². The van der Waals surface area contributed by atoms with Crippen LogP contribution in [0.5, 0.6) is 0 Å². The molecule has 0 radical (unpaired) electrons. The van der Waals surface area contributed by atoms with Crippen LogP contribution in [0, 0.1) is 0 Å². The Hall–Kier alpha value is -2.34. The minimum Gasteiger partial charge on any atom is -0.309 e. The molecule has 5 nitrogen and oxygen atoms in total. The van der Waals surface area contributed by atoms with Crippen LogP contribution in [-0.4, -0.2) is 20.4 Å². The molecular weight excluding hydrogens is 336 g/mol. The van der Waals surface area contributed by atoms with Gasteiger partial charge in [-0.05, 0) is 55.2 Å². The van der Waals surface area contributed by atoms with E-state index in [9.17, 15) is 13.2 Å². The fourth-order valence-corrected chi connectivity index (χ4v) is 4.54. The number of hydrogen-bond acceptors (Lipinski definition) is 3. The predicted octanol–water partition coefficient (Wildman–Crippen LogP) is 3.35. The molecule has 0 saturated heterocycles. The molecule has 1 amide bonds. The monoisotopic (exact) mass is 358 g/mol. The highest BCUT2D eigenvalue weighted by molar-refractivity contribution is 7.92. The van der Waals surface area contributed by atoms with Crippen LogP contribution < -0.4 is 9.62 Å². The van der Waals surface area contributed by atoms with Crippen LogP contribution in [-0.2, 0) is 27.7 Å². The lowest BCUT2D eigenvalue weighted by atomic mass is 10.1. The average Bonchev–Trinajstić information content (AvgIpc) is 2.90. The molecule has 3 rings (SSSR count). The maximum atomic E-state index is 12.8. The highest BCUT2D eigenvalue weighted by Crippen LogP contribution is 2.34. The number of benzene rings is 2. The summed E-state index contributed by atoms with van der Waals surface area (Å²) in [6.45, 7) is 5.48. The van der Waals surface area contributed by atoms with Crippen LogP contribution in [0.4, 0.5) is 11.4 Å². The Kier molecular flexibility index (Phi) is 4.56. The number of rotatable bonds is 4. The fourth-order valence-electron chi connectivity index (χ4n) is 3.39. The minimum atomic E-state index is -3.68. The van der Waals surface area contributed by atoms with Crippen molar-refractivity contribution in [1.29, 1.82) is 0 Å². The van der Waals surface area contributed by atoms with E-state index in [2.05, 4.69) is 4.72 Å². The van der Waals surface area contributed by atoms with Gasteiger partial charge in [-0.1, -0.05) is 25.1 Å². The van der Waals surface area contributed by atoms with E-state index in [0.717, 1.165) is 23.2 Å². The van der Waals surface area contributed by atoms with Gasteiger partial charge in [-0.2, -0.15) is 0 Å². The van der Waals surface area contributed by atoms with E-state index in [4.69, 9.17) is 0 Å². The van der Waals surface area contributed by atoms with Crippen molar-refractivity contribution in [3.05, 3.63) is 53.6 Å². The number of carbonyl (C=O) groups is 1. The van der Waals surface area contributed by atoms with Gasteiger partial charge in [-0.15, -0.1) is 0 Å². The summed E-state index contributed by atoms with van der Waals surface area (Å²) in [5.41, 5.74) is 3.23. The molecule has 1 aliphatic rings. The van der Waals surface area contributed by atoms with Crippen molar-refractivity contribution >= 4 is 27.3 Å². The number of carbonyl (C=O) groups excluding carboxylic acids is 1. The molecule has 1 heterocycles. The molecule has 2 aromatic carbocycles. The van der Waals surface area contributed by atoms with Gasteiger partial charge < -0.3 is 4.90 Å². The largest absolute Gasteiger partial charge is 0.309 e. The summed E-state index contributed by atoms with van der Waals surface area (Å²) in [6, 6.07) is 12.4. The third-order valence-corrected chi connectivity index (χ3v) is 5.92. The number of nitrogens with one attached hydrogen (secondary N) is 1. The first-order valence-electron chi connectivity index (χ1n) is 8.37. The maximum absolute atomic E-state index is 12.8. The summed E-state index contributed by atoms with van der Waals surface area (Å²) < 4.78 is 28.2. The number of para-hydroxylation sites is 1. The summed E-state index contributed by atoms with van der Waals surface area (Å²) in [5.74, 6) is -0.0307. The van der Waals surface area contributed by atoms with E-state index in [1.807, 2.05) is 32.0 Å². The van der Waals surface area contributed by atoms with Gasteiger partial charge >= 0.3 is 0 Å². The van der Waals surface area contributed by atoms with Gasteiger partial charge in [-0.25, -0.2) is 8.42 Å². The quantitative estimate of drug-likeness (QED) is 0.911. The third-order valence-electron chi connectivity index (χ3n) is 4.56. The molecule has 1 N–H and O–H groups in total. The number of sulfonamides is 1. The molecule has 0 saturated carbocycles. The van der Waals surface area contributed by atoms with Crippen molar-refractivity contribution in [2.24, 2.45) is 0 Å². The Morgan fingerprint density at radius 2 is 1.96 bits per heavy atom. The standard InChI is InChI=1S/C19H22N2O3S/c1-4-15-7-5-6-8-18(15)20-25(23,24)17-9-10-19-16(12-17)11-13(2)21(19)14(3)22/h5-10,12-13,20H,4,11H2,1-3H3/t13-/m0/s1. The van der Waals surface area contributed by atoms with Crippen molar-refractivity contribution in [3.63, 3.8) is 0 Å². The molecule has 25 heavy (non-hydrogen) atoms. The van der Waals surface area contributed by atoms with E-state index in [0.29, 0.717) is 12.1 Å². The number of fused-ring (bicyclic) bond motifs is 1. The molecule has 0 spiro atoms. The van der Waals surface area contributed by atoms with Crippen LogP contribution in [0.2, 0.25) is 0 Å². The van der Waals surface area contributed by atoms with E-state index < -0.39 is 10.0 Å². The van der Waals surface area contributed by atoms with E-state index in [1.165, 1.54) is 6.92 Å². The number of amides is 1. The smallest absolute Gasteiger partial charge is 0.261 e. The zero-order valence-electron chi connectivity index (χ0n) is 14.6. The molecule has 0 unspecified atom stereocenters. The molecule has 0 aliphatic carbocycles. The number of anilines is 2. The van der Waals surface area contributed by atoms with Crippen molar-refractivity contribution in [1.82, 2.24) is 0 Å².